The standard InChI is InChI=1S/C12H19NO3S/c1-10-4-3-5-11(12(10)13)17(14)9-8-16-7-6-15-2/h3-5H,6-9,13H2,1-2H3. The summed E-state index contributed by atoms with van der Waals surface area (Å²) in [7, 11) is 0.519. The van der Waals surface area contributed by atoms with E-state index in [9.17, 15) is 4.21 Å². The van der Waals surface area contributed by atoms with E-state index in [2.05, 4.69) is 0 Å². The van der Waals surface area contributed by atoms with Gasteiger partial charge in [-0.25, -0.2) is 0 Å². The predicted molar refractivity (Wildman–Crippen MR) is 69.6 cm³/mol. The number of hydrogen-bond acceptors (Lipinski definition) is 4. The van der Waals surface area contributed by atoms with Crippen molar-refractivity contribution in [3.63, 3.8) is 0 Å². The number of nitrogens with two attached hydrogens (primary N) is 1. The molecule has 1 unspecified atom stereocenters. The van der Waals surface area contributed by atoms with Crippen molar-refractivity contribution in [3.05, 3.63) is 23.8 Å². The zero-order chi connectivity index (χ0) is 12.7. The predicted octanol–water partition coefficient (Wildman–Crippen LogP) is 1.35. The van der Waals surface area contributed by atoms with Crippen LogP contribution in [0.4, 0.5) is 5.69 Å². The number of aryl methyl sites for hydroxylation is 1. The smallest absolute Gasteiger partial charge is 0.0700 e. The molecule has 0 aliphatic rings. The summed E-state index contributed by atoms with van der Waals surface area (Å²) in [5.41, 5.74) is 7.45. The summed E-state index contributed by atoms with van der Waals surface area (Å²) in [4.78, 5) is 0.695. The fourth-order valence-electron chi connectivity index (χ4n) is 1.34. The summed E-state index contributed by atoms with van der Waals surface area (Å²) in [6, 6.07) is 5.57. The molecule has 0 aliphatic carbocycles. The summed E-state index contributed by atoms with van der Waals surface area (Å²) in [5.74, 6) is 0.456. The molecule has 4 nitrogen and oxygen atoms in total. The second kappa shape index (κ2) is 7.42. The summed E-state index contributed by atoms with van der Waals surface area (Å²) in [6.45, 7) is 3.44. The Kier molecular flexibility index (Phi) is 6.18. The summed E-state index contributed by atoms with van der Waals surface area (Å²) in [6.07, 6.45) is 0. The molecule has 1 aromatic rings. The molecule has 0 radical (unpaired) electrons. The molecule has 96 valence electrons. The molecule has 1 atom stereocenters. The highest BCUT2D eigenvalue weighted by atomic mass is 32.2. The van der Waals surface area contributed by atoms with E-state index in [-0.39, 0.29) is 0 Å². The Hall–Kier alpha value is -0.910. The highest BCUT2D eigenvalue weighted by Crippen LogP contribution is 2.20. The first kappa shape index (κ1) is 14.2. The fourth-order valence-corrected chi connectivity index (χ4v) is 2.47. The minimum Gasteiger partial charge on any atom is -0.398 e. The first-order chi connectivity index (χ1) is 8.16. The lowest BCUT2D eigenvalue weighted by atomic mass is 10.2. The molecular weight excluding hydrogens is 238 g/mol. The quantitative estimate of drug-likeness (QED) is 0.591. The van der Waals surface area contributed by atoms with Gasteiger partial charge in [-0.2, -0.15) is 0 Å². The molecule has 1 rings (SSSR count). The second-order valence-corrected chi connectivity index (χ2v) is 5.18. The van der Waals surface area contributed by atoms with Crippen molar-refractivity contribution in [2.75, 3.05) is 38.4 Å². The molecular formula is C12H19NO3S. The van der Waals surface area contributed by atoms with Crippen LogP contribution in [0.15, 0.2) is 23.1 Å². The van der Waals surface area contributed by atoms with Crippen molar-refractivity contribution >= 4 is 16.5 Å². The molecule has 0 aromatic heterocycles. The Morgan fingerprint density at radius 3 is 2.76 bits per heavy atom. The Bertz CT molecular complexity index is 382. The number of nitrogen functional groups attached to an aromatic ring is 1. The summed E-state index contributed by atoms with van der Waals surface area (Å²) >= 11 is 0. The van der Waals surface area contributed by atoms with Gasteiger partial charge < -0.3 is 15.2 Å². The van der Waals surface area contributed by atoms with Gasteiger partial charge in [-0.1, -0.05) is 12.1 Å². The topological polar surface area (TPSA) is 61.5 Å². The average Bonchev–Trinajstić information content (AvgIpc) is 2.32. The van der Waals surface area contributed by atoms with E-state index in [0.717, 1.165) is 5.56 Å². The maximum atomic E-state index is 12.0. The normalized spacial score (nSPS) is 12.6. The molecule has 0 bridgehead atoms. The van der Waals surface area contributed by atoms with E-state index < -0.39 is 10.8 Å². The zero-order valence-corrected chi connectivity index (χ0v) is 11.1. The van der Waals surface area contributed by atoms with E-state index in [4.69, 9.17) is 15.2 Å². The third-order valence-electron chi connectivity index (χ3n) is 2.37. The fraction of sp³-hybridized carbons (Fsp3) is 0.500. The van der Waals surface area contributed by atoms with Crippen LogP contribution in [0, 0.1) is 6.92 Å². The van der Waals surface area contributed by atoms with Crippen LogP contribution < -0.4 is 5.73 Å². The van der Waals surface area contributed by atoms with Gasteiger partial charge in [-0.05, 0) is 18.6 Å². The Morgan fingerprint density at radius 2 is 2.06 bits per heavy atom. The van der Waals surface area contributed by atoms with E-state index in [1.807, 2.05) is 19.1 Å². The van der Waals surface area contributed by atoms with Crippen LogP contribution in [0.2, 0.25) is 0 Å². The van der Waals surface area contributed by atoms with Gasteiger partial charge in [0.2, 0.25) is 0 Å². The Labute approximate surface area is 105 Å². The van der Waals surface area contributed by atoms with Gasteiger partial charge in [-0.15, -0.1) is 0 Å². The van der Waals surface area contributed by atoms with Crippen molar-refractivity contribution in [1.82, 2.24) is 0 Å². The highest BCUT2D eigenvalue weighted by molar-refractivity contribution is 7.85. The molecule has 17 heavy (non-hydrogen) atoms. The number of rotatable bonds is 7. The van der Waals surface area contributed by atoms with Crippen LogP contribution in [0.1, 0.15) is 5.56 Å². The largest absolute Gasteiger partial charge is 0.398 e. The third kappa shape index (κ3) is 4.46. The SMILES string of the molecule is COCCOCCS(=O)c1cccc(C)c1N. The van der Waals surface area contributed by atoms with Gasteiger partial charge in [0.15, 0.2) is 0 Å². The molecule has 0 saturated heterocycles. The zero-order valence-electron chi connectivity index (χ0n) is 10.3. The van der Waals surface area contributed by atoms with E-state index in [1.165, 1.54) is 0 Å². The summed E-state index contributed by atoms with van der Waals surface area (Å²) < 4.78 is 22.1. The van der Waals surface area contributed by atoms with Crippen LogP contribution >= 0.6 is 0 Å². The van der Waals surface area contributed by atoms with Crippen LogP contribution in [0.3, 0.4) is 0 Å². The molecule has 0 amide bonds. The van der Waals surface area contributed by atoms with Crippen molar-refractivity contribution < 1.29 is 13.7 Å². The van der Waals surface area contributed by atoms with Gasteiger partial charge in [-0.3, -0.25) is 4.21 Å². The molecule has 0 aliphatic heterocycles. The lowest BCUT2D eigenvalue weighted by molar-refractivity contribution is 0.0787. The molecule has 0 spiro atoms. The Morgan fingerprint density at radius 1 is 1.29 bits per heavy atom. The number of anilines is 1. The van der Waals surface area contributed by atoms with Gasteiger partial charge >= 0.3 is 0 Å². The van der Waals surface area contributed by atoms with E-state index >= 15 is 0 Å². The van der Waals surface area contributed by atoms with Crippen LogP contribution in [-0.2, 0) is 20.3 Å². The number of hydrogen-bond donors (Lipinski definition) is 1. The number of methoxy groups -OCH3 is 1. The van der Waals surface area contributed by atoms with Crippen molar-refractivity contribution in [2.24, 2.45) is 0 Å². The average molecular weight is 257 g/mol. The van der Waals surface area contributed by atoms with Crippen molar-refractivity contribution in [3.8, 4) is 0 Å². The first-order valence-electron chi connectivity index (χ1n) is 5.47. The molecule has 0 fully saturated rings. The highest BCUT2D eigenvalue weighted by Gasteiger charge is 2.08. The van der Waals surface area contributed by atoms with Crippen LogP contribution in [-0.4, -0.2) is 36.9 Å². The number of para-hydroxylation sites is 1. The maximum absolute atomic E-state index is 12.0. The molecule has 5 heteroatoms. The minimum atomic E-state index is -1.10. The number of ether oxygens (including phenoxy) is 2. The molecule has 0 saturated carbocycles. The second-order valence-electron chi connectivity index (χ2n) is 3.64. The van der Waals surface area contributed by atoms with E-state index in [1.54, 1.807) is 13.2 Å². The maximum Gasteiger partial charge on any atom is 0.0700 e. The Balaban J connectivity index is 2.44. The van der Waals surface area contributed by atoms with Gasteiger partial charge in [0.1, 0.15) is 0 Å². The van der Waals surface area contributed by atoms with Crippen molar-refractivity contribution in [1.29, 1.82) is 0 Å². The van der Waals surface area contributed by atoms with Crippen LogP contribution in [0.25, 0.3) is 0 Å². The molecule has 0 heterocycles. The molecule has 2 N–H and O–H groups in total. The lowest BCUT2D eigenvalue weighted by Crippen LogP contribution is -2.11. The summed E-state index contributed by atoms with van der Waals surface area (Å²) in [5, 5.41) is 0. The molecule has 1 aromatic carbocycles. The first-order valence-corrected chi connectivity index (χ1v) is 6.79. The van der Waals surface area contributed by atoms with Gasteiger partial charge in [0.05, 0.1) is 47.0 Å². The minimum absolute atomic E-state index is 0.448. The van der Waals surface area contributed by atoms with E-state index in [0.29, 0.717) is 36.2 Å². The van der Waals surface area contributed by atoms with Gasteiger partial charge in [0, 0.05) is 7.11 Å². The third-order valence-corrected chi connectivity index (χ3v) is 3.76. The lowest BCUT2D eigenvalue weighted by Gasteiger charge is -2.08. The van der Waals surface area contributed by atoms with Crippen LogP contribution in [0.5, 0.6) is 0 Å². The van der Waals surface area contributed by atoms with Gasteiger partial charge in [0.25, 0.3) is 0 Å². The van der Waals surface area contributed by atoms with Crippen molar-refractivity contribution in [2.45, 2.75) is 11.8 Å². The number of benzene rings is 1. The monoisotopic (exact) mass is 257 g/mol.